The zero-order chi connectivity index (χ0) is 21.5. The highest BCUT2D eigenvalue weighted by molar-refractivity contribution is 5.96. The molecule has 2 amide bonds. The highest BCUT2D eigenvalue weighted by atomic mass is 16.2. The second-order valence-corrected chi connectivity index (χ2v) is 8.38. The summed E-state index contributed by atoms with van der Waals surface area (Å²) >= 11 is 0. The van der Waals surface area contributed by atoms with Crippen LogP contribution in [0.5, 0.6) is 0 Å². The van der Waals surface area contributed by atoms with Crippen molar-refractivity contribution in [2.45, 2.75) is 46.1 Å². The van der Waals surface area contributed by atoms with Crippen molar-refractivity contribution in [2.75, 3.05) is 25.0 Å². The van der Waals surface area contributed by atoms with E-state index in [0.29, 0.717) is 5.92 Å². The van der Waals surface area contributed by atoms with E-state index in [1.54, 1.807) is 0 Å². The third kappa shape index (κ3) is 5.92. The average molecular weight is 408 g/mol. The van der Waals surface area contributed by atoms with Crippen LogP contribution in [-0.2, 0) is 16.0 Å². The van der Waals surface area contributed by atoms with E-state index >= 15 is 0 Å². The Balaban J connectivity index is 1.42. The molecule has 3 rings (SSSR count). The summed E-state index contributed by atoms with van der Waals surface area (Å²) in [5.74, 6) is 0.379. The number of aryl methyl sites for hydroxylation is 2. The standard InChI is InChI=1S/C25H33N3O2/c1-18-8-7-9-19(2)24(18)27-23(29)17-26-25(30)20(3)28-14-12-22(13-15-28)16-21-10-5-4-6-11-21/h4-11,20,22H,12-17H2,1-3H3,(H,26,30)(H,27,29). The van der Waals surface area contributed by atoms with Crippen molar-refractivity contribution in [3.8, 4) is 0 Å². The third-order valence-corrected chi connectivity index (χ3v) is 6.11. The van der Waals surface area contributed by atoms with Crippen molar-refractivity contribution in [3.05, 3.63) is 65.2 Å². The summed E-state index contributed by atoms with van der Waals surface area (Å²) in [6.45, 7) is 7.68. The molecule has 0 saturated carbocycles. The first-order valence-electron chi connectivity index (χ1n) is 10.9. The topological polar surface area (TPSA) is 61.4 Å². The van der Waals surface area contributed by atoms with E-state index in [1.165, 1.54) is 5.56 Å². The maximum atomic E-state index is 12.6. The number of nitrogens with zero attached hydrogens (tertiary/aromatic N) is 1. The molecule has 1 atom stereocenters. The predicted molar refractivity (Wildman–Crippen MR) is 121 cm³/mol. The van der Waals surface area contributed by atoms with Gasteiger partial charge in [0.2, 0.25) is 11.8 Å². The highest BCUT2D eigenvalue weighted by Crippen LogP contribution is 2.23. The van der Waals surface area contributed by atoms with Gasteiger partial charge in [0.15, 0.2) is 0 Å². The number of piperidine rings is 1. The summed E-state index contributed by atoms with van der Waals surface area (Å²) in [6, 6.07) is 16.3. The molecule has 2 N–H and O–H groups in total. The Bertz CT molecular complexity index is 838. The van der Waals surface area contributed by atoms with Gasteiger partial charge in [-0.15, -0.1) is 0 Å². The monoisotopic (exact) mass is 407 g/mol. The molecule has 2 aromatic rings. The molecular weight excluding hydrogens is 374 g/mol. The first-order chi connectivity index (χ1) is 14.4. The quantitative estimate of drug-likeness (QED) is 0.736. The van der Waals surface area contributed by atoms with E-state index in [9.17, 15) is 9.59 Å². The SMILES string of the molecule is Cc1cccc(C)c1NC(=O)CNC(=O)C(C)N1CCC(Cc2ccccc2)CC1. The lowest BCUT2D eigenvalue weighted by atomic mass is 9.89. The lowest BCUT2D eigenvalue weighted by Gasteiger charge is -2.35. The molecule has 160 valence electrons. The number of likely N-dealkylation sites (tertiary alicyclic amines) is 1. The van der Waals surface area contributed by atoms with Gasteiger partial charge in [-0.05, 0) is 75.7 Å². The van der Waals surface area contributed by atoms with E-state index in [1.807, 2.05) is 39.0 Å². The number of hydrogen-bond donors (Lipinski definition) is 2. The minimum absolute atomic E-state index is 0.0125. The van der Waals surface area contributed by atoms with E-state index in [-0.39, 0.29) is 24.4 Å². The Morgan fingerprint density at radius 2 is 1.63 bits per heavy atom. The van der Waals surface area contributed by atoms with Gasteiger partial charge in [-0.1, -0.05) is 48.5 Å². The Labute approximate surface area is 179 Å². The van der Waals surface area contributed by atoms with Crippen molar-refractivity contribution in [2.24, 2.45) is 5.92 Å². The predicted octanol–water partition coefficient (Wildman–Crippen LogP) is 3.70. The number of carbonyl (C=O) groups excluding carboxylic acids is 2. The van der Waals surface area contributed by atoms with Crippen LogP contribution in [-0.4, -0.2) is 42.4 Å². The van der Waals surface area contributed by atoms with Gasteiger partial charge in [0, 0.05) is 5.69 Å². The lowest BCUT2D eigenvalue weighted by Crippen LogP contribution is -2.49. The average Bonchev–Trinajstić information content (AvgIpc) is 2.75. The fourth-order valence-corrected chi connectivity index (χ4v) is 4.17. The summed E-state index contributed by atoms with van der Waals surface area (Å²) in [7, 11) is 0. The molecule has 30 heavy (non-hydrogen) atoms. The van der Waals surface area contributed by atoms with Crippen LogP contribution in [0.3, 0.4) is 0 Å². The summed E-state index contributed by atoms with van der Waals surface area (Å²) in [6.07, 6.45) is 3.30. The number of amides is 2. The minimum Gasteiger partial charge on any atom is -0.346 e. The number of benzene rings is 2. The summed E-state index contributed by atoms with van der Waals surface area (Å²) in [5.41, 5.74) is 4.24. The molecule has 0 aliphatic carbocycles. The van der Waals surface area contributed by atoms with Crippen molar-refractivity contribution >= 4 is 17.5 Å². The van der Waals surface area contributed by atoms with Gasteiger partial charge < -0.3 is 10.6 Å². The Kier molecular flexibility index (Phi) is 7.63. The molecule has 1 aliphatic heterocycles. The van der Waals surface area contributed by atoms with Gasteiger partial charge in [-0.25, -0.2) is 0 Å². The Hall–Kier alpha value is -2.66. The molecule has 2 aromatic carbocycles. The largest absolute Gasteiger partial charge is 0.346 e. The van der Waals surface area contributed by atoms with Crippen molar-refractivity contribution in [1.82, 2.24) is 10.2 Å². The molecule has 1 saturated heterocycles. The second kappa shape index (κ2) is 10.4. The van der Waals surface area contributed by atoms with E-state index < -0.39 is 0 Å². The van der Waals surface area contributed by atoms with Crippen molar-refractivity contribution < 1.29 is 9.59 Å². The van der Waals surface area contributed by atoms with Gasteiger partial charge in [0.1, 0.15) is 0 Å². The summed E-state index contributed by atoms with van der Waals surface area (Å²) in [5, 5.41) is 5.71. The van der Waals surface area contributed by atoms with Gasteiger partial charge >= 0.3 is 0 Å². The molecule has 0 aromatic heterocycles. The number of rotatable bonds is 7. The van der Waals surface area contributed by atoms with Crippen LogP contribution in [0.15, 0.2) is 48.5 Å². The van der Waals surface area contributed by atoms with Crippen LogP contribution < -0.4 is 10.6 Å². The number of carbonyl (C=O) groups is 2. The fourth-order valence-electron chi connectivity index (χ4n) is 4.17. The van der Waals surface area contributed by atoms with Gasteiger partial charge in [-0.3, -0.25) is 14.5 Å². The first kappa shape index (κ1) is 22.0. The highest BCUT2D eigenvalue weighted by Gasteiger charge is 2.26. The van der Waals surface area contributed by atoms with Gasteiger partial charge in [0.25, 0.3) is 0 Å². The van der Waals surface area contributed by atoms with Crippen LogP contribution in [0.2, 0.25) is 0 Å². The van der Waals surface area contributed by atoms with Gasteiger partial charge in [0.05, 0.1) is 12.6 Å². The maximum Gasteiger partial charge on any atom is 0.243 e. The van der Waals surface area contributed by atoms with Crippen molar-refractivity contribution in [3.63, 3.8) is 0 Å². The Morgan fingerprint density at radius 3 is 2.27 bits per heavy atom. The number of para-hydroxylation sites is 1. The molecule has 0 spiro atoms. The fraction of sp³-hybridized carbons (Fsp3) is 0.440. The zero-order valence-electron chi connectivity index (χ0n) is 18.3. The molecule has 1 fully saturated rings. The van der Waals surface area contributed by atoms with Crippen LogP contribution >= 0.6 is 0 Å². The van der Waals surface area contributed by atoms with E-state index in [2.05, 4.69) is 45.9 Å². The van der Waals surface area contributed by atoms with Crippen LogP contribution in [0.4, 0.5) is 5.69 Å². The molecule has 5 nitrogen and oxygen atoms in total. The molecule has 0 bridgehead atoms. The zero-order valence-corrected chi connectivity index (χ0v) is 18.3. The van der Waals surface area contributed by atoms with Crippen LogP contribution in [0.25, 0.3) is 0 Å². The van der Waals surface area contributed by atoms with Gasteiger partial charge in [-0.2, -0.15) is 0 Å². The molecule has 0 radical (unpaired) electrons. The van der Waals surface area contributed by atoms with Crippen molar-refractivity contribution in [1.29, 1.82) is 0 Å². The van der Waals surface area contributed by atoms with E-state index in [4.69, 9.17) is 0 Å². The molecule has 1 aliphatic rings. The number of anilines is 1. The third-order valence-electron chi connectivity index (χ3n) is 6.11. The van der Waals surface area contributed by atoms with Crippen LogP contribution in [0, 0.1) is 19.8 Å². The molecule has 5 heteroatoms. The maximum absolute atomic E-state index is 12.6. The lowest BCUT2D eigenvalue weighted by molar-refractivity contribution is -0.128. The summed E-state index contributed by atoms with van der Waals surface area (Å²) < 4.78 is 0. The second-order valence-electron chi connectivity index (χ2n) is 8.38. The van der Waals surface area contributed by atoms with Crippen LogP contribution in [0.1, 0.15) is 36.5 Å². The minimum atomic E-state index is -0.226. The smallest absolute Gasteiger partial charge is 0.243 e. The number of nitrogens with one attached hydrogen (secondary N) is 2. The molecule has 1 heterocycles. The van der Waals surface area contributed by atoms with E-state index in [0.717, 1.165) is 49.2 Å². The summed E-state index contributed by atoms with van der Waals surface area (Å²) in [4.78, 5) is 27.1. The Morgan fingerprint density at radius 1 is 1.00 bits per heavy atom. The molecule has 1 unspecified atom stereocenters. The number of hydrogen-bond acceptors (Lipinski definition) is 3. The molecular formula is C25H33N3O2. The first-order valence-corrected chi connectivity index (χ1v) is 10.9. The normalized spacial score (nSPS) is 16.1.